The van der Waals surface area contributed by atoms with Crippen molar-refractivity contribution in [1.29, 1.82) is 0 Å². The summed E-state index contributed by atoms with van der Waals surface area (Å²) in [5.74, 6) is -1.16. The van der Waals surface area contributed by atoms with E-state index in [0.717, 1.165) is 31.3 Å². The van der Waals surface area contributed by atoms with Gasteiger partial charge in [-0.3, -0.25) is 0 Å². The quantitative estimate of drug-likeness (QED) is 0.698. The van der Waals surface area contributed by atoms with E-state index in [1.165, 1.54) is 12.4 Å². The minimum atomic E-state index is -0.921. The van der Waals surface area contributed by atoms with Gasteiger partial charge in [-0.05, 0) is 0 Å². The molecule has 1 radical (unpaired) electrons. The number of hydrogen-bond donors (Lipinski definition) is 1. The molecule has 3 heterocycles. The van der Waals surface area contributed by atoms with Gasteiger partial charge in [-0.1, -0.05) is 0 Å². The van der Waals surface area contributed by atoms with Gasteiger partial charge in [-0.2, -0.15) is 0 Å². The summed E-state index contributed by atoms with van der Waals surface area (Å²) >= 11 is 11.8. The molecule has 26 heavy (non-hydrogen) atoms. The standard InChI is InChI=1S/C17H16AsCl2FN3O2/c19-11-8-23-4-1-10(11)15-13(20)12(17(22)25)14(21)16(24-15)18-7-9-2-5-26-6-3-9/h1,4,8-9H,2-3,5-7H2,(H2,22,25). The average molecular weight is 459 g/mol. The summed E-state index contributed by atoms with van der Waals surface area (Å²) in [5, 5.41) is 1.03. The van der Waals surface area contributed by atoms with Crippen LogP contribution in [0, 0.1) is 11.7 Å². The van der Waals surface area contributed by atoms with E-state index >= 15 is 0 Å². The number of ether oxygens (including phenoxy) is 1. The second-order valence-electron chi connectivity index (χ2n) is 5.90. The van der Waals surface area contributed by atoms with Crippen molar-refractivity contribution in [2.24, 2.45) is 11.7 Å². The maximum absolute atomic E-state index is 14.8. The first-order valence-corrected chi connectivity index (χ1v) is 11.0. The summed E-state index contributed by atoms with van der Waals surface area (Å²) < 4.78 is 20.5. The van der Waals surface area contributed by atoms with E-state index in [1.807, 2.05) is 0 Å². The zero-order chi connectivity index (χ0) is 18.7. The number of aromatic nitrogens is 2. The van der Waals surface area contributed by atoms with E-state index in [1.54, 1.807) is 6.07 Å². The van der Waals surface area contributed by atoms with Crippen molar-refractivity contribution >= 4 is 49.3 Å². The van der Waals surface area contributed by atoms with Gasteiger partial charge in [0, 0.05) is 0 Å². The van der Waals surface area contributed by atoms with Crippen LogP contribution in [0.2, 0.25) is 15.3 Å². The second kappa shape index (κ2) is 8.66. The zero-order valence-electron chi connectivity index (χ0n) is 13.7. The summed E-state index contributed by atoms with van der Waals surface area (Å²) in [6.07, 6.45) is 4.88. The molecule has 0 spiro atoms. The summed E-state index contributed by atoms with van der Waals surface area (Å²) in [5.41, 5.74) is 5.78. The first-order valence-electron chi connectivity index (χ1n) is 8.03. The van der Waals surface area contributed by atoms with Gasteiger partial charge in [0.05, 0.1) is 0 Å². The minimum absolute atomic E-state index is 0.126. The molecule has 0 saturated carbocycles. The predicted octanol–water partition coefficient (Wildman–Crippen LogP) is 2.86. The van der Waals surface area contributed by atoms with Crippen LogP contribution >= 0.6 is 23.2 Å². The fourth-order valence-corrected chi connectivity index (χ4v) is 5.83. The molecule has 137 valence electrons. The molecule has 2 N–H and O–H groups in total. The Kier molecular flexibility index (Phi) is 6.51. The van der Waals surface area contributed by atoms with Crippen LogP contribution < -0.4 is 10.2 Å². The first kappa shape index (κ1) is 19.6. The summed E-state index contributed by atoms with van der Waals surface area (Å²) in [6.45, 7) is 1.46. The molecule has 2 aromatic rings. The Morgan fingerprint density at radius 3 is 2.77 bits per heavy atom. The molecular formula is C17H16AsCl2FN3O2. The Labute approximate surface area is 167 Å². The molecule has 5 nitrogen and oxygen atoms in total. The number of pyridine rings is 2. The molecule has 1 saturated heterocycles. The molecular weight excluding hydrogens is 443 g/mol. The summed E-state index contributed by atoms with van der Waals surface area (Å²) in [6, 6.07) is 1.62. The maximum atomic E-state index is 14.8. The van der Waals surface area contributed by atoms with E-state index < -0.39 is 27.5 Å². The molecule has 0 aromatic carbocycles. The third-order valence-corrected chi connectivity index (χ3v) is 7.56. The van der Waals surface area contributed by atoms with Crippen LogP contribution in [0.4, 0.5) is 4.39 Å². The van der Waals surface area contributed by atoms with Crippen molar-refractivity contribution < 1.29 is 13.9 Å². The molecule has 1 aliphatic heterocycles. The van der Waals surface area contributed by atoms with Crippen molar-refractivity contribution in [1.82, 2.24) is 9.97 Å². The molecule has 1 fully saturated rings. The van der Waals surface area contributed by atoms with Crippen molar-refractivity contribution in [2.45, 2.75) is 18.1 Å². The van der Waals surface area contributed by atoms with Crippen LogP contribution in [0.1, 0.15) is 23.2 Å². The van der Waals surface area contributed by atoms with Gasteiger partial charge < -0.3 is 0 Å². The third kappa shape index (κ3) is 4.20. The van der Waals surface area contributed by atoms with Gasteiger partial charge in [0.2, 0.25) is 0 Å². The number of nitrogens with two attached hydrogens (primary N) is 1. The van der Waals surface area contributed by atoms with Crippen molar-refractivity contribution in [3.8, 4) is 11.3 Å². The van der Waals surface area contributed by atoms with Crippen LogP contribution in [0.25, 0.3) is 11.3 Å². The van der Waals surface area contributed by atoms with Gasteiger partial charge in [-0.25, -0.2) is 0 Å². The Bertz CT molecular complexity index is 832. The second-order valence-corrected chi connectivity index (χ2v) is 9.01. The molecule has 0 bridgehead atoms. The fourth-order valence-electron chi connectivity index (χ4n) is 2.74. The van der Waals surface area contributed by atoms with Gasteiger partial charge in [-0.15, -0.1) is 0 Å². The number of carbonyl (C=O) groups is 1. The SMILES string of the molecule is NC(=O)c1c(F)c([As]CC2CCOCC2)nc(-c2ccncc2Cl)c1Cl. The number of hydrogen-bond acceptors (Lipinski definition) is 4. The van der Waals surface area contributed by atoms with Crippen molar-refractivity contribution in [2.75, 3.05) is 13.2 Å². The molecule has 2 aromatic heterocycles. The van der Waals surface area contributed by atoms with E-state index in [4.69, 9.17) is 33.7 Å². The third-order valence-electron chi connectivity index (χ3n) is 4.18. The van der Waals surface area contributed by atoms with E-state index in [2.05, 4.69) is 9.97 Å². The number of primary amides is 1. The van der Waals surface area contributed by atoms with Gasteiger partial charge in [0.15, 0.2) is 0 Å². The van der Waals surface area contributed by atoms with Crippen molar-refractivity contribution in [3.05, 3.63) is 39.9 Å². The average Bonchev–Trinajstić information content (AvgIpc) is 2.62. The monoisotopic (exact) mass is 458 g/mol. The number of nitrogens with zero attached hydrogens (tertiary/aromatic N) is 2. The van der Waals surface area contributed by atoms with Crippen LogP contribution in [-0.2, 0) is 4.74 Å². The Hall–Kier alpha value is -1.20. The Morgan fingerprint density at radius 1 is 1.38 bits per heavy atom. The number of carbonyl (C=O) groups excluding carboxylic acids is 1. The summed E-state index contributed by atoms with van der Waals surface area (Å²) in [4.78, 5) is 20.1. The number of rotatable bonds is 5. The van der Waals surface area contributed by atoms with Gasteiger partial charge in [0.1, 0.15) is 0 Å². The van der Waals surface area contributed by atoms with E-state index in [0.29, 0.717) is 16.5 Å². The fraction of sp³-hybridized carbons (Fsp3) is 0.353. The summed E-state index contributed by atoms with van der Waals surface area (Å²) in [7, 11) is 0. The first-order chi connectivity index (χ1) is 12.5. The van der Waals surface area contributed by atoms with Crippen LogP contribution in [0.15, 0.2) is 18.5 Å². The van der Waals surface area contributed by atoms with E-state index in [-0.39, 0.29) is 20.8 Å². The molecule has 9 heteroatoms. The molecule has 0 atom stereocenters. The van der Waals surface area contributed by atoms with E-state index in [9.17, 15) is 9.18 Å². The Morgan fingerprint density at radius 2 is 2.12 bits per heavy atom. The number of halogens is 3. The van der Waals surface area contributed by atoms with Crippen LogP contribution in [0.3, 0.4) is 0 Å². The molecule has 0 aliphatic carbocycles. The topological polar surface area (TPSA) is 78.1 Å². The molecule has 1 amide bonds. The van der Waals surface area contributed by atoms with Crippen LogP contribution in [0.5, 0.6) is 0 Å². The molecule has 1 aliphatic rings. The van der Waals surface area contributed by atoms with Gasteiger partial charge in [0.25, 0.3) is 0 Å². The molecule has 0 unspecified atom stereocenters. The zero-order valence-corrected chi connectivity index (χ0v) is 17.1. The normalized spacial score (nSPS) is 15.7. The van der Waals surface area contributed by atoms with Gasteiger partial charge >= 0.3 is 167 Å². The van der Waals surface area contributed by atoms with Crippen LogP contribution in [-0.4, -0.2) is 44.8 Å². The predicted molar refractivity (Wildman–Crippen MR) is 99.7 cm³/mol. The molecule has 3 rings (SSSR count). The van der Waals surface area contributed by atoms with Crippen molar-refractivity contribution in [3.63, 3.8) is 0 Å². The number of amides is 1. The Balaban J connectivity index is 2.00.